The number of hydrogen-bond acceptors (Lipinski definition) is 7. The molecule has 2 rings (SSSR count). The van der Waals surface area contributed by atoms with Gasteiger partial charge in [-0.05, 0) is 32.6 Å². The van der Waals surface area contributed by atoms with Gasteiger partial charge in [0, 0.05) is 19.5 Å². The Labute approximate surface area is 134 Å². The predicted molar refractivity (Wildman–Crippen MR) is 82.8 cm³/mol. The van der Waals surface area contributed by atoms with E-state index in [-0.39, 0.29) is 16.5 Å². The van der Waals surface area contributed by atoms with Crippen molar-refractivity contribution in [2.75, 3.05) is 20.2 Å². The first-order valence-corrected chi connectivity index (χ1v) is 9.40. The van der Waals surface area contributed by atoms with Gasteiger partial charge in [0.05, 0.1) is 17.8 Å². The minimum Gasteiger partial charge on any atom is -0.302 e. The van der Waals surface area contributed by atoms with E-state index in [1.807, 2.05) is 5.06 Å². The molecule has 9 heteroatoms. The average molecular weight is 347 g/mol. The van der Waals surface area contributed by atoms with E-state index in [0.29, 0.717) is 10.7 Å². The smallest absolute Gasteiger partial charge is 0.275 e. The van der Waals surface area contributed by atoms with Crippen molar-refractivity contribution in [1.82, 2.24) is 14.8 Å². The van der Waals surface area contributed by atoms with E-state index in [1.165, 1.54) is 0 Å². The Bertz CT molecular complexity index is 634. The Morgan fingerprint density at radius 3 is 2.55 bits per heavy atom. The number of hydroxylamine groups is 2. The van der Waals surface area contributed by atoms with E-state index >= 15 is 0 Å². The highest BCUT2D eigenvalue weighted by Crippen LogP contribution is 2.24. The van der Waals surface area contributed by atoms with Gasteiger partial charge in [0.1, 0.15) is 0 Å². The molecule has 124 valence electrons. The van der Waals surface area contributed by atoms with Crippen LogP contribution in [0.3, 0.4) is 0 Å². The standard InChI is InChI=1S/C13H21N3O4S2/c1-9-13(21-10(2)14-9)22(18,19)15-12(17)8-11-4-6-16(20-3)7-5-11/h11H,4-8H2,1-3H3,(H,15,17). The number of carbonyl (C=O) groups excluding carboxylic acids is 1. The zero-order valence-electron chi connectivity index (χ0n) is 13.0. The first-order valence-electron chi connectivity index (χ1n) is 7.10. The van der Waals surface area contributed by atoms with Crippen LogP contribution in [0.25, 0.3) is 0 Å². The van der Waals surface area contributed by atoms with Crippen molar-refractivity contribution in [3.8, 4) is 0 Å². The van der Waals surface area contributed by atoms with Crippen molar-refractivity contribution in [3.63, 3.8) is 0 Å². The lowest BCUT2D eigenvalue weighted by Crippen LogP contribution is -2.36. The zero-order chi connectivity index (χ0) is 16.3. The van der Waals surface area contributed by atoms with Gasteiger partial charge in [-0.25, -0.2) is 18.1 Å². The number of aryl methyl sites for hydroxylation is 2. The van der Waals surface area contributed by atoms with Crippen LogP contribution in [-0.4, -0.2) is 44.6 Å². The molecule has 0 radical (unpaired) electrons. The van der Waals surface area contributed by atoms with Crippen molar-refractivity contribution >= 4 is 27.3 Å². The van der Waals surface area contributed by atoms with Crippen molar-refractivity contribution in [2.45, 2.75) is 37.3 Å². The van der Waals surface area contributed by atoms with Gasteiger partial charge in [0.25, 0.3) is 10.0 Å². The Hall–Kier alpha value is -1.03. The largest absolute Gasteiger partial charge is 0.302 e. The number of hydrogen-bond donors (Lipinski definition) is 1. The van der Waals surface area contributed by atoms with E-state index in [9.17, 15) is 13.2 Å². The number of rotatable bonds is 5. The van der Waals surface area contributed by atoms with Gasteiger partial charge in [-0.15, -0.1) is 11.3 Å². The number of amides is 1. The van der Waals surface area contributed by atoms with Crippen molar-refractivity contribution in [3.05, 3.63) is 10.7 Å². The van der Waals surface area contributed by atoms with Crippen LogP contribution in [0.1, 0.15) is 30.0 Å². The SMILES string of the molecule is CON1CCC(CC(=O)NS(=O)(=O)c2sc(C)nc2C)CC1. The van der Waals surface area contributed by atoms with Gasteiger partial charge < -0.3 is 4.84 Å². The van der Waals surface area contributed by atoms with Crippen LogP contribution in [0.2, 0.25) is 0 Å². The van der Waals surface area contributed by atoms with Crippen LogP contribution in [0.5, 0.6) is 0 Å². The summed E-state index contributed by atoms with van der Waals surface area (Å²) in [5.74, 6) is -0.271. The lowest BCUT2D eigenvalue weighted by Gasteiger charge is -2.29. The van der Waals surface area contributed by atoms with E-state index in [1.54, 1.807) is 21.0 Å². The normalized spacial score (nSPS) is 17.6. The van der Waals surface area contributed by atoms with Crippen molar-refractivity contribution in [1.29, 1.82) is 0 Å². The molecule has 1 aliphatic heterocycles. The number of thiazole rings is 1. The fourth-order valence-corrected chi connectivity index (χ4v) is 5.04. The third-order valence-electron chi connectivity index (χ3n) is 3.66. The highest BCUT2D eigenvalue weighted by Gasteiger charge is 2.26. The maximum atomic E-state index is 12.2. The van der Waals surface area contributed by atoms with Gasteiger partial charge >= 0.3 is 0 Å². The summed E-state index contributed by atoms with van der Waals surface area (Å²) in [5.41, 5.74) is 0.427. The highest BCUT2D eigenvalue weighted by molar-refractivity contribution is 7.92. The molecule has 0 spiro atoms. The second-order valence-electron chi connectivity index (χ2n) is 5.39. The molecule has 1 aromatic heterocycles. The topological polar surface area (TPSA) is 88.6 Å². The van der Waals surface area contributed by atoms with Gasteiger partial charge in [-0.3, -0.25) is 4.79 Å². The molecule has 22 heavy (non-hydrogen) atoms. The summed E-state index contributed by atoms with van der Waals surface area (Å²) in [6, 6.07) is 0. The molecule has 0 atom stereocenters. The molecule has 1 aromatic rings. The molecular formula is C13H21N3O4S2. The molecule has 0 saturated carbocycles. The molecule has 1 amide bonds. The van der Waals surface area contributed by atoms with Crippen LogP contribution in [-0.2, 0) is 19.7 Å². The minimum absolute atomic E-state index is 0.118. The fraction of sp³-hybridized carbons (Fsp3) is 0.692. The molecule has 1 N–H and O–H groups in total. The molecule has 7 nitrogen and oxygen atoms in total. The maximum Gasteiger partial charge on any atom is 0.275 e. The number of carbonyl (C=O) groups is 1. The zero-order valence-corrected chi connectivity index (χ0v) is 14.6. The average Bonchev–Trinajstić information content (AvgIpc) is 2.79. The van der Waals surface area contributed by atoms with Crippen molar-refractivity contribution in [2.24, 2.45) is 5.92 Å². The van der Waals surface area contributed by atoms with Crippen LogP contribution < -0.4 is 4.72 Å². The van der Waals surface area contributed by atoms with E-state index < -0.39 is 15.9 Å². The summed E-state index contributed by atoms with van der Waals surface area (Å²) in [6.45, 7) is 4.88. The van der Waals surface area contributed by atoms with Gasteiger partial charge in [-0.1, -0.05) is 0 Å². The summed E-state index contributed by atoms with van der Waals surface area (Å²) in [4.78, 5) is 21.2. The van der Waals surface area contributed by atoms with E-state index in [4.69, 9.17) is 4.84 Å². The van der Waals surface area contributed by atoms with E-state index in [2.05, 4.69) is 9.71 Å². The second kappa shape index (κ2) is 7.03. The number of nitrogens with one attached hydrogen (secondary N) is 1. The first kappa shape index (κ1) is 17.3. The molecule has 0 aliphatic carbocycles. The van der Waals surface area contributed by atoms with Gasteiger partial charge in [0.15, 0.2) is 4.21 Å². The highest BCUT2D eigenvalue weighted by atomic mass is 32.2. The Morgan fingerprint density at radius 1 is 1.41 bits per heavy atom. The lowest BCUT2D eigenvalue weighted by atomic mass is 9.94. The van der Waals surface area contributed by atoms with Gasteiger partial charge in [0.2, 0.25) is 5.91 Å². The third-order valence-corrected chi connectivity index (χ3v) is 6.71. The summed E-state index contributed by atoms with van der Waals surface area (Å²) < 4.78 is 26.7. The first-order chi connectivity index (χ1) is 10.3. The monoisotopic (exact) mass is 347 g/mol. The molecule has 2 heterocycles. The van der Waals surface area contributed by atoms with Gasteiger partial charge in [-0.2, -0.15) is 5.06 Å². The Morgan fingerprint density at radius 2 is 2.05 bits per heavy atom. The van der Waals surface area contributed by atoms with Crippen LogP contribution in [0, 0.1) is 19.8 Å². The number of sulfonamides is 1. The Kier molecular flexibility index (Phi) is 5.54. The fourth-order valence-electron chi connectivity index (χ4n) is 2.56. The van der Waals surface area contributed by atoms with Crippen LogP contribution >= 0.6 is 11.3 Å². The molecule has 1 saturated heterocycles. The van der Waals surface area contributed by atoms with Crippen LogP contribution in [0.15, 0.2) is 4.21 Å². The molecule has 1 fully saturated rings. The van der Waals surface area contributed by atoms with Crippen LogP contribution in [0.4, 0.5) is 0 Å². The Balaban J connectivity index is 1.93. The number of nitrogens with zero attached hydrogens (tertiary/aromatic N) is 2. The minimum atomic E-state index is -3.81. The molecular weight excluding hydrogens is 326 g/mol. The molecule has 1 aliphatic rings. The molecule has 0 unspecified atom stereocenters. The van der Waals surface area contributed by atoms with E-state index in [0.717, 1.165) is 37.3 Å². The second-order valence-corrected chi connectivity index (χ2v) is 8.47. The third kappa shape index (κ3) is 4.25. The maximum absolute atomic E-state index is 12.2. The summed E-state index contributed by atoms with van der Waals surface area (Å²) in [5, 5.41) is 2.51. The summed E-state index contributed by atoms with van der Waals surface area (Å²) in [7, 11) is -2.19. The summed E-state index contributed by atoms with van der Waals surface area (Å²) in [6.07, 6.45) is 1.85. The molecule has 0 aromatic carbocycles. The quantitative estimate of drug-likeness (QED) is 0.862. The van der Waals surface area contributed by atoms with Crippen molar-refractivity contribution < 1.29 is 18.0 Å². The predicted octanol–water partition coefficient (Wildman–Crippen LogP) is 1.23. The number of piperidine rings is 1. The molecule has 0 bridgehead atoms. The lowest BCUT2D eigenvalue weighted by molar-refractivity contribution is -0.149. The number of aromatic nitrogens is 1. The summed E-state index contributed by atoms with van der Waals surface area (Å²) >= 11 is 1.08.